The van der Waals surface area contributed by atoms with Crippen LogP contribution >= 0.6 is 0 Å². The van der Waals surface area contributed by atoms with E-state index in [-0.39, 0.29) is 0 Å². The zero-order valence-corrected chi connectivity index (χ0v) is 9.36. The lowest BCUT2D eigenvalue weighted by atomic mass is 9.79. The van der Waals surface area contributed by atoms with Gasteiger partial charge in [0.05, 0.1) is 17.6 Å². The van der Waals surface area contributed by atoms with Crippen molar-refractivity contribution in [3.63, 3.8) is 0 Å². The minimum absolute atomic E-state index is 0.610. The number of aromatic nitrogens is 1. The van der Waals surface area contributed by atoms with Crippen molar-refractivity contribution in [1.82, 2.24) is 4.98 Å². The second-order valence-corrected chi connectivity index (χ2v) is 4.02. The fourth-order valence-electron chi connectivity index (χ4n) is 1.44. The van der Waals surface area contributed by atoms with Gasteiger partial charge in [-0.1, -0.05) is 6.92 Å². The molecule has 1 heterocycles. The number of hydrogen-bond acceptors (Lipinski definition) is 3. The number of aryl methyl sites for hydroxylation is 1. The maximum Gasteiger partial charge on any atom is 0.0990 e. The van der Waals surface area contributed by atoms with E-state index in [2.05, 4.69) is 11.1 Å². The van der Waals surface area contributed by atoms with E-state index in [1.807, 2.05) is 19.9 Å². The lowest BCUT2D eigenvalue weighted by Crippen LogP contribution is -2.23. The molecule has 0 bridgehead atoms. The van der Waals surface area contributed by atoms with Crippen molar-refractivity contribution in [2.45, 2.75) is 33.3 Å². The van der Waals surface area contributed by atoms with Crippen molar-refractivity contribution < 1.29 is 5.11 Å². The molecular formula is C12H16N2O. The van der Waals surface area contributed by atoms with Gasteiger partial charge >= 0.3 is 0 Å². The highest BCUT2D eigenvalue weighted by atomic mass is 16.3. The first-order valence-corrected chi connectivity index (χ1v) is 5.05. The Balaban J connectivity index is 3.10. The van der Waals surface area contributed by atoms with Gasteiger partial charge in [-0.3, -0.25) is 4.98 Å². The molecule has 2 atom stereocenters. The number of nitrogens with zero attached hydrogens (tertiary/aromatic N) is 2. The highest BCUT2D eigenvalue weighted by molar-refractivity contribution is 5.27. The van der Waals surface area contributed by atoms with Crippen LogP contribution in [0, 0.1) is 23.7 Å². The largest absolute Gasteiger partial charge is 0.387 e. The van der Waals surface area contributed by atoms with Crippen molar-refractivity contribution in [1.29, 1.82) is 5.26 Å². The molecule has 0 amide bonds. The fraction of sp³-hybridized carbons (Fsp3) is 0.500. The summed E-state index contributed by atoms with van der Waals surface area (Å²) in [6.45, 7) is 5.58. The second kappa shape index (κ2) is 4.41. The van der Waals surface area contributed by atoms with E-state index >= 15 is 0 Å². The van der Waals surface area contributed by atoms with Gasteiger partial charge in [-0.25, -0.2) is 0 Å². The van der Waals surface area contributed by atoms with E-state index in [1.165, 1.54) is 0 Å². The van der Waals surface area contributed by atoms with E-state index in [9.17, 15) is 5.11 Å². The van der Waals surface area contributed by atoms with Crippen LogP contribution in [0.3, 0.4) is 0 Å². The molecule has 0 aliphatic rings. The number of nitriles is 1. The van der Waals surface area contributed by atoms with Gasteiger partial charge < -0.3 is 5.11 Å². The van der Waals surface area contributed by atoms with Gasteiger partial charge in [-0.2, -0.15) is 5.26 Å². The molecule has 2 unspecified atom stereocenters. The average Bonchev–Trinajstić information content (AvgIpc) is 2.28. The van der Waals surface area contributed by atoms with Gasteiger partial charge in [0, 0.05) is 18.0 Å². The molecule has 0 fully saturated rings. The van der Waals surface area contributed by atoms with Crippen LogP contribution < -0.4 is 0 Å². The van der Waals surface area contributed by atoms with Gasteiger partial charge in [-0.15, -0.1) is 0 Å². The number of aliphatic hydroxyl groups is 1. The molecular weight excluding hydrogens is 188 g/mol. The number of pyridine rings is 1. The van der Waals surface area contributed by atoms with Crippen LogP contribution in [0.5, 0.6) is 0 Å². The van der Waals surface area contributed by atoms with E-state index < -0.39 is 11.5 Å². The summed E-state index contributed by atoms with van der Waals surface area (Å²) >= 11 is 0. The van der Waals surface area contributed by atoms with Crippen LogP contribution in [0.4, 0.5) is 0 Å². The standard InChI is InChI=1S/C12H16N2O/c1-4-12(3,8-13)11(15)10-7-14-6-5-9(10)2/h5-7,11,15H,4H2,1-3H3. The van der Waals surface area contributed by atoms with Gasteiger partial charge in [0.25, 0.3) is 0 Å². The molecule has 3 nitrogen and oxygen atoms in total. The summed E-state index contributed by atoms with van der Waals surface area (Å²) in [7, 11) is 0. The van der Waals surface area contributed by atoms with Gasteiger partial charge in [0.1, 0.15) is 0 Å². The molecule has 1 aromatic rings. The van der Waals surface area contributed by atoms with Crippen LogP contribution in [0.1, 0.15) is 37.5 Å². The highest BCUT2D eigenvalue weighted by Crippen LogP contribution is 2.36. The third kappa shape index (κ3) is 2.16. The molecule has 15 heavy (non-hydrogen) atoms. The Labute approximate surface area is 90.4 Å². The number of aliphatic hydroxyl groups excluding tert-OH is 1. The van der Waals surface area contributed by atoms with E-state index in [0.29, 0.717) is 6.42 Å². The first kappa shape index (κ1) is 11.7. The third-order valence-electron chi connectivity index (χ3n) is 2.97. The van der Waals surface area contributed by atoms with E-state index in [4.69, 9.17) is 5.26 Å². The van der Waals surface area contributed by atoms with Crippen molar-refractivity contribution in [3.05, 3.63) is 29.6 Å². The second-order valence-electron chi connectivity index (χ2n) is 4.02. The zero-order chi connectivity index (χ0) is 11.5. The van der Waals surface area contributed by atoms with Gasteiger partial charge in [-0.05, 0) is 31.9 Å². The molecule has 0 aliphatic heterocycles. The Morgan fingerprint density at radius 2 is 2.33 bits per heavy atom. The molecule has 0 saturated heterocycles. The lowest BCUT2D eigenvalue weighted by Gasteiger charge is -2.27. The molecule has 1 aromatic heterocycles. The molecule has 0 aromatic carbocycles. The average molecular weight is 204 g/mol. The van der Waals surface area contributed by atoms with E-state index in [1.54, 1.807) is 19.3 Å². The van der Waals surface area contributed by atoms with Crippen molar-refractivity contribution in [2.75, 3.05) is 0 Å². The van der Waals surface area contributed by atoms with Crippen LogP contribution in [0.2, 0.25) is 0 Å². The Hall–Kier alpha value is -1.40. The molecule has 1 rings (SSSR count). The van der Waals surface area contributed by atoms with E-state index in [0.717, 1.165) is 11.1 Å². The molecule has 0 radical (unpaired) electrons. The predicted octanol–water partition coefficient (Wildman–Crippen LogP) is 2.36. The summed E-state index contributed by atoms with van der Waals surface area (Å²) < 4.78 is 0. The molecule has 0 saturated carbocycles. The van der Waals surface area contributed by atoms with Crippen LogP contribution in [0.25, 0.3) is 0 Å². The Morgan fingerprint density at radius 1 is 1.67 bits per heavy atom. The first-order valence-electron chi connectivity index (χ1n) is 5.05. The fourth-order valence-corrected chi connectivity index (χ4v) is 1.44. The SMILES string of the molecule is CCC(C)(C#N)C(O)c1cnccc1C. The summed E-state index contributed by atoms with van der Waals surface area (Å²) in [6.07, 6.45) is 3.15. The smallest absolute Gasteiger partial charge is 0.0990 e. The maximum atomic E-state index is 10.2. The summed E-state index contributed by atoms with van der Waals surface area (Å²) in [6, 6.07) is 4.02. The summed E-state index contributed by atoms with van der Waals surface area (Å²) in [4.78, 5) is 3.98. The highest BCUT2D eigenvalue weighted by Gasteiger charge is 2.33. The van der Waals surface area contributed by atoms with Crippen molar-refractivity contribution in [3.8, 4) is 6.07 Å². The number of rotatable bonds is 3. The topological polar surface area (TPSA) is 56.9 Å². The Morgan fingerprint density at radius 3 is 2.80 bits per heavy atom. The lowest BCUT2D eigenvalue weighted by molar-refractivity contribution is 0.0713. The maximum absolute atomic E-state index is 10.2. The molecule has 0 aliphatic carbocycles. The Bertz CT molecular complexity index is 383. The van der Waals surface area contributed by atoms with Crippen LogP contribution in [-0.4, -0.2) is 10.1 Å². The minimum atomic E-state index is -0.777. The zero-order valence-electron chi connectivity index (χ0n) is 9.36. The monoisotopic (exact) mass is 204 g/mol. The minimum Gasteiger partial charge on any atom is -0.387 e. The van der Waals surface area contributed by atoms with Gasteiger partial charge in [0.2, 0.25) is 0 Å². The summed E-state index contributed by atoms with van der Waals surface area (Å²) in [5.74, 6) is 0. The van der Waals surface area contributed by atoms with Crippen molar-refractivity contribution >= 4 is 0 Å². The summed E-state index contributed by atoms with van der Waals surface area (Å²) in [5.41, 5.74) is 0.962. The molecule has 3 heteroatoms. The van der Waals surface area contributed by atoms with Crippen molar-refractivity contribution in [2.24, 2.45) is 5.41 Å². The molecule has 1 N–H and O–H groups in total. The molecule has 0 spiro atoms. The Kier molecular flexibility index (Phi) is 3.43. The van der Waals surface area contributed by atoms with Crippen LogP contribution in [-0.2, 0) is 0 Å². The van der Waals surface area contributed by atoms with Crippen LogP contribution in [0.15, 0.2) is 18.5 Å². The summed E-state index contributed by atoms with van der Waals surface area (Å²) in [5, 5.41) is 19.2. The van der Waals surface area contributed by atoms with Gasteiger partial charge in [0.15, 0.2) is 0 Å². The predicted molar refractivity (Wildman–Crippen MR) is 57.9 cm³/mol. The normalized spacial score (nSPS) is 16.5. The molecule has 80 valence electrons. The third-order valence-corrected chi connectivity index (χ3v) is 2.97. The quantitative estimate of drug-likeness (QED) is 0.822. The number of hydrogen-bond donors (Lipinski definition) is 1. The first-order chi connectivity index (χ1) is 7.05.